The van der Waals surface area contributed by atoms with Crippen molar-refractivity contribution < 1.29 is 9.90 Å². The number of aromatic nitrogens is 3. The van der Waals surface area contributed by atoms with Crippen LogP contribution in [0.4, 0.5) is 5.82 Å². The first-order valence-corrected chi connectivity index (χ1v) is 9.55. The number of hydrogen-bond donors (Lipinski definition) is 4. The van der Waals surface area contributed by atoms with E-state index in [2.05, 4.69) is 25.6 Å². The van der Waals surface area contributed by atoms with E-state index in [1.165, 1.54) is 32.3 Å². The molecule has 9 heteroatoms. The molecule has 4 rings (SSSR count). The number of nitrogens with zero attached hydrogens (tertiary/aromatic N) is 3. The number of amides is 1. The molecule has 4 N–H and O–H groups in total. The molecule has 0 aromatic carbocycles. The zero-order valence-electron chi connectivity index (χ0n) is 15.2. The van der Waals surface area contributed by atoms with Crippen LogP contribution >= 0.6 is 11.8 Å². The zero-order chi connectivity index (χ0) is 18.8. The number of fused-ring (bicyclic) bond motifs is 1. The van der Waals surface area contributed by atoms with E-state index in [1.54, 1.807) is 18.8 Å². The Kier molecular flexibility index (Phi) is 8.39. The average Bonchev–Trinajstić information content (AvgIpc) is 3.43. The Morgan fingerprint density at radius 2 is 2.08 bits per heavy atom. The van der Waals surface area contributed by atoms with Crippen molar-refractivity contribution in [3.63, 3.8) is 0 Å². The summed E-state index contributed by atoms with van der Waals surface area (Å²) in [7, 11) is 2.64. The third-order valence-electron chi connectivity index (χ3n) is 3.88. The second-order valence-electron chi connectivity index (χ2n) is 5.51. The molecule has 0 unspecified atom stereocenters. The van der Waals surface area contributed by atoms with Crippen molar-refractivity contribution >= 4 is 34.5 Å². The highest BCUT2D eigenvalue weighted by molar-refractivity contribution is 8.04. The fraction of sp³-hybridized carbons (Fsp3) is 0.471. The molecule has 0 bridgehead atoms. The minimum atomic E-state index is -0.0610. The highest BCUT2D eigenvalue weighted by Gasteiger charge is 2.19. The van der Waals surface area contributed by atoms with Crippen LogP contribution in [0.5, 0.6) is 0 Å². The van der Waals surface area contributed by atoms with E-state index in [0.717, 1.165) is 36.3 Å². The molecule has 26 heavy (non-hydrogen) atoms. The van der Waals surface area contributed by atoms with Crippen LogP contribution in [0.2, 0.25) is 0 Å². The predicted molar refractivity (Wildman–Crippen MR) is 106 cm³/mol. The van der Waals surface area contributed by atoms with Gasteiger partial charge >= 0.3 is 0 Å². The lowest BCUT2D eigenvalue weighted by Crippen LogP contribution is -2.29. The topological polar surface area (TPSA) is 106 Å². The number of H-pyrrole nitrogens is 1. The van der Waals surface area contributed by atoms with Gasteiger partial charge in [0.05, 0.1) is 10.3 Å². The summed E-state index contributed by atoms with van der Waals surface area (Å²) in [5.41, 5.74) is 0.804. The van der Waals surface area contributed by atoms with Crippen LogP contribution in [0, 0.1) is 0 Å². The van der Waals surface area contributed by atoms with E-state index < -0.39 is 0 Å². The normalized spacial score (nSPS) is 16.1. The number of aromatic amines is 1. The minimum Gasteiger partial charge on any atom is -0.400 e. The Labute approximate surface area is 157 Å². The van der Waals surface area contributed by atoms with Crippen molar-refractivity contribution in [1.82, 2.24) is 25.6 Å². The third-order valence-corrected chi connectivity index (χ3v) is 4.86. The highest BCUT2D eigenvalue weighted by atomic mass is 32.2. The molecule has 1 saturated heterocycles. The zero-order valence-corrected chi connectivity index (χ0v) is 16.0. The molecule has 1 amide bonds. The second kappa shape index (κ2) is 10.8. The fourth-order valence-electron chi connectivity index (χ4n) is 2.62. The van der Waals surface area contributed by atoms with Crippen LogP contribution in [-0.4, -0.2) is 65.5 Å². The summed E-state index contributed by atoms with van der Waals surface area (Å²) in [6, 6.07) is 1.94. The quantitative estimate of drug-likeness (QED) is 0.619. The number of carbonyl (C=O) groups excluding carboxylic acids is 1. The van der Waals surface area contributed by atoms with Gasteiger partial charge in [-0.05, 0) is 32.0 Å². The Hall–Kier alpha value is -2.10. The van der Waals surface area contributed by atoms with Crippen molar-refractivity contribution in [2.45, 2.75) is 12.8 Å². The Morgan fingerprint density at radius 3 is 2.73 bits per heavy atom. The van der Waals surface area contributed by atoms with Gasteiger partial charge in [0.2, 0.25) is 0 Å². The van der Waals surface area contributed by atoms with Crippen LogP contribution in [0.1, 0.15) is 12.8 Å². The van der Waals surface area contributed by atoms with Gasteiger partial charge in [-0.2, -0.15) is 0 Å². The van der Waals surface area contributed by atoms with E-state index in [9.17, 15) is 4.79 Å². The highest BCUT2D eigenvalue weighted by Crippen LogP contribution is 2.28. The molecule has 2 aliphatic rings. The lowest BCUT2D eigenvalue weighted by atomic mass is 10.3. The van der Waals surface area contributed by atoms with Crippen LogP contribution in [0.15, 0.2) is 29.7 Å². The van der Waals surface area contributed by atoms with Gasteiger partial charge in [-0.3, -0.25) is 4.79 Å². The first-order chi connectivity index (χ1) is 12.8. The van der Waals surface area contributed by atoms with Gasteiger partial charge < -0.3 is 25.6 Å². The molecule has 0 aliphatic carbocycles. The largest absolute Gasteiger partial charge is 0.400 e. The first-order valence-electron chi connectivity index (χ1n) is 8.56. The number of thioether (sulfide) groups is 1. The van der Waals surface area contributed by atoms with Gasteiger partial charge in [-0.25, -0.2) is 9.97 Å². The number of anilines is 1. The molecule has 8 nitrogen and oxygen atoms in total. The predicted octanol–water partition coefficient (Wildman–Crippen LogP) is 1.08. The van der Waals surface area contributed by atoms with Crippen LogP contribution in [-0.2, 0) is 4.79 Å². The standard InChI is InChI=1S/C12H13N5OS.C4H9N.CH4O/c1-13-12(18)9-6-17(4-5-19-9)11-8-2-3-14-10(8)15-7-16-11;1-2-4-5-3-1;1-2/h2-3,6-7H,4-5H2,1H3,(H,13,18)(H,14,15,16);5H,1-4H2;2H,1H3. The monoisotopic (exact) mass is 378 g/mol. The van der Waals surface area contributed by atoms with E-state index in [1.807, 2.05) is 23.4 Å². The van der Waals surface area contributed by atoms with Crippen molar-refractivity contribution in [1.29, 1.82) is 0 Å². The number of aliphatic hydroxyl groups excluding tert-OH is 1. The maximum Gasteiger partial charge on any atom is 0.258 e. The molecule has 0 saturated carbocycles. The van der Waals surface area contributed by atoms with Gasteiger partial charge in [0.15, 0.2) is 0 Å². The van der Waals surface area contributed by atoms with Crippen LogP contribution < -0.4 is 15.5 Å². The van der Waals surface area contributed by atoms with Crippen molar-refractivity contribution in [2.75, 3.05) is 44.4 Å². The summed E-state index contributed by atoms with van der Waals surface area (Å²) in [5.74, 6) is 1.62. The van der Waals surface area contributed by atoms with Crippen molar-refractivity contribution in [3.05, 3.63) is 29.7 Å². The Balaban J connectivity index is 0.000000295. The van der Waals surface area contributed by atoms with Crippen molar-refractivity contribution in [2.24, 2.45) is 0 Å². The van der Waals surface area contributed by atoms with Gasteiger partial charge in [-0.15, -0.1) is 11.8 Å². The number of aliphatic hydroxyl groups is 1. The van der Waals surface area contributed by atoms with E-state index in [-0.39, 0.29) is 5.91 Å². The Bertz CT molecular complexity index is 721. The summed E-state index contributed by atoms with van der Waals surface area (Å²) in [5, 5.41) is 13.8. The van der Waals surface area contributed by atoms with E-state index in [4.69, 9.17) is 5.11 Å². The maximum atomic E-state index is 11.7. The average molecular weight is 379 g/mol. The first kappa shape index (κ1) is 20.2. The van der Waals surface area contributed by atoms with Gasteiger partial charge in [-0.1, -0.05) is 0 Å². The summed E-state index contributed by atoms with van der Waals surface area (Å²) in [6.45, 7) is 3.32. The molecular formula is C17H26N6O2S. The molecule has 0 radical (unpaired) electrons. The van der Waals surface area contributed by atoms with Crippen LogP contribution in [0.3, 0.4) is 0 Å². The Morgan fingerprint density at radius 1 is 1.31 bits per heavy atom. The van der Waals surface area contributed by atoms with Gasteiger partial charge in [0, 0.05) is 38.9 Å². The third kappa shape index (κ3) is 5.20. The summed E-state index contributed by atoms with van der Waals surface area (Å²) in [6.07, 6.45) is 8.00. The summed E-state index contributed by atoms with van der Waals surface area (Å²) >= 11 is 1.56. The second-order valence-corrected chi connectivity index (χ2v) is 6.65. The van der Waals surface area contributed by atoms with Gasteiger partial charge in [0.1, 0.15) is 17.8 Å². The van der Waals surface area contributed by atoms with E-state index in [0.29, 0.717) is 4.91 Å². The fourth-order valence-corrected chi connectivity index (χ4v) is 3.57. The number of hydrogen-bond acceptors (Lipinski definition) is 7. The molecule has 2 aliphatic heterocycles. The lowest BCUT2D eigenvalue weighted by molar-refractivity contribution is -0.116. The number of carbonyl (C=O) groups is 1. The van der Waals surface area contributed by atoms with Crippen molar-refractivity contribution in [3.8, 4) is 0 Å². The molecular weight excluding hydrogens is 352 g/mol. The number of nitrogens with one attached hydrogen (secondary N) is 3. The summed E-state index contributed by atoms with van der Waals surface area (Å²) < 4.78 is 0. The van der Waals surface area contributed by atoms with E-state index >= 15 is 0 Å². The molecule has 142 valence electrons. The van der Waals surface area contributed by atoms with Crippen LogP contribution in [0.25, 0.3) is 11.0 Å². The molecule has 2 aromatic rings. The number of rotatable bonds is 2. The maximum absolute atomic E-state index is 11.7. The van der Waals surface area contributed by atoms with Gasteiger partial charge in [0.25, 0.3) is 5.91 Å². The molecule has 4 heterocycles. The lowest BCUT2D eigenvalue weighted by Gasteiger charge is -2.25. The molecule has 1 fully saturated rings. The molecule has 2 aromatic heterocycles. The summed E-state index contributed by atoms with van der Waals surface area (Å²) in [4.78, 5) is 26.0. The molecule has 0 spiro atoms. The number of likely N-dealkylation sites (N-methyl/N-ethyl adjacent to an activating group) is 1. The minimum absolute atomic E-state index is 0.0610. The SMILES string of the molecule is C1CCNC1.CNC(=O)C1=CN(c2ncnc3[nH]ccc23)CCS1.CO. The smallest absolute Gasteiger partial charge is 0.258 e. The molecule has 0 atom stereocenters.